The van der Waals surface area contributed by atoms with Gasteiger partial charge in [0, 0.05) is 11.7 Å². The maximum atomic E-state index is 10.2. The predicted molar refractivity (Wildman–Crippen MR) is 61.3 cm³/mol. The molecule has 4 heteroatoms. The van der Waals surface area contributed by atoms with Crippen LogP contribution in [0, 0.1) is 0 Å². The van der Waals surface area contributed by atoms with Crippen molar-refractivity contribution in [2.75, 3.05) is 6.26 Å². The van der Waals surface area contributed by atoms with Gasteiger partial charge < -0.3 is 5.11 Å². The van der Waals surface area contributed by atoms with Crippen LogP contribution in [0.25, 0.3) is 0 Å². The Morgan fingerprint density at radius 3 is 2.62 bits per heavy atom. The Morgan fingerprint density at radius 1 is 1.46 bits per heavy atom. The summed E-state index contributed by atoms with van der Waals surface area (Å²) in [6.07, 6.45) is 6.60. The van der Waals surface area contributed by atoms with Gasteiger partial charge in [-0.15, -0.1) is 0 Å². The Bertz CT molecular complexity index is 140. The topological polar surface area (TPSA) is 37.3 Å². The highest BCUT2D eigenvalue weighted by Crippen LogP contribution is 2.29. The predicted octanol–water partition coefficient (Wildman–Crippen LogP) is 3.42. The molecule has 0 unspecified atom stereocenters. The second-order valence-electron chi connectivity index (χ2n) is 2.93. The summed E-state index contributed by atoms with van der Waals surface area (Å²) in [5, 5.41) is 9.13. The van der Waals surface area contributed by atoms with E-state index < -0.39 is 5.97 Å². The number of hydrogen-bond acceptors (Lipinski definition) is 3. The molecule has 0 aromatic heterocycles. The van der Waals surface area contributed by atoms with Gasteiger partial charge in [-0.25, -0.2) is 0 Å². The van der Waals surface area contributed by atoms with Crippen LogP contribution < -0.4 is 0 Å². The van der Waals surface area contributed by atoms with E-state index in [0.717, 1.165) is 19.3 Å². The average Bonchev–Trinajstić information content (AvgIpc) is 2.10. The van der Waals surface area contributed by atoms with Crippen molar-refractivity contribution in [2.24, 2.45) is 0 Å². The van der Waals surface area contributed by atoms with Crippen LogP contribution in [0.5, 0.6) is 0 Å². The molecule has 0 spiro atoms. The van der Waals surface area contributed by atoms with E-state index in [0.29, 0.717) is 11.7 Å². The van der Waals surface area contributed by atoms with Gasteiger partial charge in [0.1, 0.15) is 0 Å². The number of carboxylic acids is 1. The van der Waals surface area contributed by atoms with E-state index in [-0.39, 0.29) is 0 Å². The molecular formula is C9H18O2S2. The molecule has 0 heterocycles. The largest absolute Gasteiger partial charge is 0.481 e. The molecule has 1 atom stereocenters. The number of aliphatic carboxylic acids is 1. The van der Waals surface area contributed by atoms with E-state index in [4.69, 9.17) is 5.11 Å². The van der Waals surface area contributed by atoms with Crippen molar-refractivity contribution in [2.45, 2.75) is 44.3 Å². The van der Waals surface area contributed by atoms with Gasteiger partial charge in [-0.05, 0) is 25.5 Å². The molecule has 0 fully saturated rings. The Hall–Kier alpha value is 0.170. The van der Waals surface area contributed by atoms with E-state index in [1.165, 1.54) is 6.42 Å². The zero-order chi connectivity index (χ0) is 10.1. The fourth-order valence-corrected chi connectivity index (χ4v) is 3.29. The summed E-state index contributed by atoms with van der Waals surface area (Å²) >= 11 is 0. The van der Waals surface area contributed by atoms with Gasteiger partial charge in [0.2, 0.25) is 0 Å². The minimum Gasteiger partial charge on any atom is -0.481 e. The fourth-order valence-electron chi connectivity index (χ4n) is 1.10. The van der Waals surface area contributed by atoms with Crippen molar-refractivity contribution in [1.82, 2.24) is 0 Å². The lowest BCUT2D eigenvalue weighted by Gasteiger charge is -2.11. The van der Waals surface area contributed by atoms with Gasteiger partial charge >= 0.3 is 5.97 Å². The molecule has 13 heavy (non-hydrogen) atoms. The monoisotopic (exact) mass is 222 g/mol. The second kappa shape index (κ2) is 8.75. The molecule has 0 saturated heterocycles. The lowest BCUT2D eigenvalue weighted by molar-refractivity contribution is -0.137. The zero-order valence-corrected chi connectivity index (χ0v) is 9.92. The maximum Gasteiger partial charge on any atom is 0.303 e. The van der Waals surface area contributed by atoms with Crippen LogP contribution in [0.3, 0.4) is 0 Å². The number of hydrogen-bond donors (Lipinski definition) is 1. The second-order valence-corrected chi connectivity index (χ2v) is 5.70. The molecule has 0 rings (SSSR count). The summed E-state index contributed by atoms with van der Waals surface area (Å²) in [7, 11) is 3.70. The fraction of sp³-hybridized carbons (Fsp3) is 0.889. The van der Waals surface area contributed by atoms with Crippen LogP contribution >= 0.6 is 21.6 Å². The summed E-state index contributed by atoms with van der Waals surface area (Å²) in [6, 6.07) is 0. The van der Waals surface area contributed by atoms with Gasteiger partial charge in [0.15, 0.2) is 0 Å². The molecule has 0 aliphatic carbocycles. The van der Waals surface area contributed by atoms with Crippen LogP contribution in [0.4, 0.5) is 0 Å². The molecule has 1 N–H and O–H groups in total. The minimum atomic E-state index is -0.675. The van der Waals surface area contributed by atoms with Crippen molar-refractivity contribution in [3.05, 3.63) is 0 Å². The van der Waals surface area contributed by atoms with E-state index >= 15 is 0 Å². The third kappa shape index (κ3) is 8.50. The van der Waals surface area contributed by atoms with Gasteiger partial charge in [-0.2, -0.15) is 0 Å². The lowest BCUT2D eigenvalue weighted by atomic mass is 10.1. The minimum absolute atomic E-state index is 0.320. The number of rotatable bonds is 8. The van der Waals surface area contributed by atoms with Gasteiger partial charge in [0.25, 0.3) is 0 Å². The van der Waals surface area contributed by atoms with Crippen molar-refractivity contribution in [3.8, 4) is 0 Å². The van der Waals surface area contributed by atoms with E-state index in [1.807, 2.05) is 10.8 Å². The quantitative estimate of drug-likeness (QED) is 0.504. The summed E-state index contributed by atoms with van der Waals surface area (Å²) in [4.78, 5) is 10.2. The summed E-state index contributed by atoms with van der Waals surface area (Å²) in [6.45, 7) is 2.19. The first kappa shape index (κ1) is 13.2. The SMILES string of the molecule is CC[C@@H](CCCCC(=O)O)SSC. The molecule has 0 aromatic carbocycles. The zero-order valence-electron chi connectivity index (χ0n) is 8.28. The summed E-state index contributed by atoms with van der Waals surface area (Å²) in [5.74, 6) is -0.675. The lowest BCUT2D eigenvalue weighted by Crippen LogP contribution is -2.00. The van der Waals surface area contributed by atoms with Gasteiger partial charge in [0.05, 0.1) is 0 Å². The van der Waals surface area contributed by atoms with Crippen molar-refractivity contribution in [1.29, 1.82) is 0 Å². The van der Waals surface area contributed by atoms with Gasteiger partial charge in [-0.3, -0.25) is 4.79 Å². The molecule has 0 bridgehead atoms. The molecule has 78 valence electrons. The van der Waals surface area contributed by atoms with E-state index in [9.17, 15) is 4.79 Å². The van der Waals surface area contributed by atoms with Crippen LogP contribution in [0.1, 0.15) is 39.0 Å². The van der Waals surface area contributed by atoms with Crippen LogP contribution in [0.15, 0.2) is 0 Å². The van der Waals surface area contributed by atoms with Crippen molar-refractivity contribution in [3.63, 3.8) is 0 Å². The standard InChI is InChI=1S/C9H18O2S2/c1-3-8(13-12-2)6-4-5-7-9(10)11/h8H,3-7H2,1-2H3,(H,10,11)/t8-/m0/s1. The first-order valence-corrected chi connectivity index (χ1v) is 7.24. The molecule has 0 aromatic rings. The Morgan fingerprint density at radius 2 is 2.15 bits per heavy atom. The summed E-state index contributed by atoms with van der Waals surface area (Å²) in [5.41, 5.74) is 0. The Kier molecular flexibility index (Phi) is 8.87. The molecule has 0 saturated carbocycles. The highest BCUT2D eigenvalue weighted by molar-refractivity contribution is 8.76. The number of carboxylic acid groups (broad SMARTS) is 1. The highest BCUT2D eigenvalue weighted by Gasteiger charge is 2.06. The molecule has 2 nitrogen and oxygen atoms in total. The van der Waals surface area contributed by atoms with E-state index in [2.05, 4.69) is 13.2 Å². The Balaban J connectivity index is 3.32. The van der Waals surface area contributed by atoms with Crippen LogP contribution in [0.2, 0.25) is 0 Å². The Labute approximate surface area is 88.3 Å². The van der Waals surface area contributed by atoms with Crippen molar-refractivity contribution >= 4 is 27.6 Å². The maximum absolute atomic E-state index is 10.2. The van der Waals surface area contributed by atoms with Crippen molar-refractivity contribution < 1.29 is 9.90 Å². The van der Waals surface area contributed by atoms with Crippen LogP contribution in [-0.4, -0.2) is 22.6 Å². The van der Waals surface area contributed by atoms with Gasteiger partial charge in [-0.1, -0.05) is 34.9 Å². The molecule has 0 amide bonds. The molecule has 0 aliphatic rings. The molecule has 0 radical (unpaired) electrons. The summed E-state index contributed by atoms with van der Waals surface area (Å²) < 4.78 is 0. The number of carbonyl (C=O) groups is 1. The normalized spacial score (nSPS) is 12.8. The molecule has 0 aliphatic heterocycles. The van der Waals surface area contributed by atoms with E-state index in [1.54, 1.807) is 10.8 Å². The smallest absolute Gasteiger partial charge is 0.303 e. The van der Waals surface area contributed by atoms with Crippen LogP contribution in [-0.2, 0) is 4.79 Å². The average molecular weight is 222 g/mol. The third-order valence-corrected chi connectivity index (χ3v) is 4.28. The first-order chi connectivity index (χ1) is 6.20. The third-order valence-electron chi connectivity index (χ3n) is 1.85. The first-order valence-electron chi connectivity index (χ1n) is 4.62. The molecular weight excluding hydrogens is 204 g/mol. The number of unbranched alkanes of at least 4 members (excludes halogenated alkanes) is 1. The highest BCUT2D eigenvalue weighted by atomic mass is 33.1.